The topological polar surface area (TPSA) is 60.3 Å². The van der Waals surface area contributed by atoms with E-state index in [1.165, 1.54) is 5.39 Å². The lowest BCUT2D eigenvalue weighted by Crippen LogP contribution is -2.27. The summed E-state index contributed by atoms with van der Waals surface area (Å²) >= 11 is 0. The van der Waals surface area contributed by atoms with E-state index in [9.17, 15) is 9.59 Å². The molecule has 0 radical (unpaired) electrons. The van der Waals surface area contributed by atoms with Crippen molar-refractivity contribution in [2.75, 3.05) is 13.7 Å². The fraction of sp³-hybridized carbons (Fsp3) is 0.238. The summed E-state index contributed by atoms with van der Waals surface area (Å²) in [5.74, 6) is 0.555. The number of hydrogen-bond acceptors (Lipinski definition) is 3. The number of nitrogens with zero attached hydrogens (tertiary/aromatic N) is 1. The van der Waals surface area contributed by atoms with Crippen molar-refractivity contribution in [3.8, 4) is 5.75 Å². The Labute approximate surface area is 152 Å². The maximum atomic E-state index is 12.1. The number of rotatable bonds is 8. The van der Waals surface area contributed by atoms with Crippen molar-refractivity contribution >= 4 is 22.6 Å². The molecule has 0 spiro atoms. The zero-order valence-electron chi connectivity index (χ0n) is 14.8. The van der Waals surface area contributed by atoms with Gasteiger partial charge >= 0.3 is 0 Å². The Morgan fingerprint density at radius 2 is 1.77 bits per heavy atom. The number of Topliss-reactive ketones (excluding diaryl/α,β-unsaturated/α-hetero) is 1. The van der Waals surface area contributed by atoms with Gasteiger partial charge in [0.05, 0.1) is 7.11 Å². The third kappa shape index (κ3) is 4.30. The lowest BCUT2D eigenvalue weighted by Gasteiger charge is -2.08. The molecule has 0 unspecified atom stereocenters. The Kier molecular flexibility index (Phi) is 5.69. The summed E-state index contributed by atoms with van der Waals surface area (Å²) in [6, 6.07) is 17.1. The van der Waals surface area contributed by atoms with Crippen LogP contribution in [0.25, 0.3) is 10.9 Å². The van der Waals surface area contributed by atoms with Gasteiger partial charge in [-0.3, -0.25) is 9.59 Å². The van der Waals surface area contributed by atoms with Gasteiger partial charge in [0.1, 0.15) is 5.75 Å². The summed E-state index contributed by atoms with van der Waals surface area (Å²) < 4.78 is 7.18. The van der Waals surface area contributed by atoms with Crippen LogP contribution >= 0.6 is 0 Å². The Morgan fingerprint density at radius 3 is 2.54 bits per heavy atom. The molecule has 0 aliphatic rings. The first kappa shape index (κ1) is 17.7. The number of aromatic nitrogens is 1. The molecule has 0 saturated heterocycles. The van der Waals surface area contributed by atoms with Crippen molar-refractivity contribution in [1.29, 1.82) is 0 Å². The second-order valence-corrected chi connectivity index (χ2v) is 6.07. The van der Waals surface area contributed by atoms with Gasteiger partial charge in [-0.15, -0.1) is 0 Å². The van der Waals surface area contributed by atoms with Crippen LogP contribution in [0, 0.1) is 0 Å². The SMILES string of the molecule is COc1ccc(C(=O)CCC(=O)NCCn2ccc3ccccc32)cc1. The molecule has 3 aromatic rings. The zero-order chi connectivity index (χ0) is 18.4. The summed E-state index contributed by atoms with van der Waals surface area (Å²) in [7, 11) is 1.58. The standard InChI is InChI=1S/C21H22N2O3/c1-26-18-8-6-17(7-9-18)20(24)10-11-21(25)22-13-15-23-14-12-16-4-2-3-5-19(16)23/h2-9,12,14H,10-11,13,15H2,1H3,(H,22,25). The van der Waals surface area contributed by atoms with E-state index in [1.807, 2.05) is 18.3 Å². The average molecular weight is 350 g/mol. The summed E-state index contributed by atoms with van der Waals surface area (Å²) in [4.78, 5) is 24.1. The largest absolute Gasteiger partial charge is 0.497 e. The molecule has 1 amide bonds. The predicted octanol–water partition coefficient (Wildman–Crippen LogP) is 3.43. The summed E-state index contributed by atoms with van der Waals surface area (Å²) in [5, 5.41) is 4.06. The van der Waals surface area contributed by atoms with Crippen LogP contribution < -0.4 is 10.1 Å². The smallest absolute Gasteiger partial charge is 0.220 e. The maximum Gasteiger partial charge on any atom is 0.220 e. The number of ether oxygens (including phenoxy) is 1. The van der Waals surface area contributed by atoms with E-state index in [1.54, 1.807) is 31.4 Å². The molecular formula is C21H22N2O3. The molecule has 0 aliphatic heterocycles. The number of carbonyl (C=O) groups excluding carboxylic acids is 2. The molecule has 1 heterocycles. The summed E-state index contributed by atoms with van der Waals surface area (Å²) in [6.07, 6.45) is 2.41. The minimum Gasteiger partial charge on any atom is -0.497 e. The lowest BCUT2D eigenvalue weighted by atomic mass is 10.1. The lowest BCUT2D eigenvalue weighted by molar-refractivity contribution is -0.121. The van der Waals surface area contributed by atoms with Gasteiger partial charge in [0, 0.05) is 43.2 Å². The molecule has 0 fully saturated rings. The average Bonchev–Trinajstić information content (AvgIpc) is 3.09. The van der Waals surface area contributed by atoms with E-state index in [4.69, 9.17) is 4.74 Å². The highest BCUT2D eigenvalue weighted by Crippen LogP contribution is 2.15. The minimum absolute atomic E-state index is 0.0424. The molecule has 26 heavy (non-hydrogen) atoms. The van der Waals surface area contributed by atoms with Crippen LogP contribution in [0.1, 0.15) is 23.2 Å². The van der Waals surface area contributed by atoms with Crippen LogP contribution in [0.2, 0.25) is 0 Å². The molecule has 3 rings (SSSR count). The Balaban J connectivity index is 1.43. The van der Waals surface area contributed by atoms with Gasteiger partial charge in [0.2, 0.25) is 5.91 Å². The fourth-order valence-electron chi connectivity index (χ4n) is 2.89. The van der Waals surface area contributed by atoms with E-state index in [0.717, 1.165) is 5.52 Å². The molecule has 2 aromatic carbocycles. The third-order valence-electron chi connectivity index (χ3n) is 4.35. The van der Waals surface area contributed by atoms with Crippen molar-refractivity contribution in [3.63, 3.8) is 0 Å². The Bertz CT molecular complexity index is 897. The fourth-order valence-corrected chi connectivity index (χ4v) is 2.89. The molecule has 1 aromatic heterocycles. The molecule has 5 heteroatoms. The molecule has 0 saturated carbocycles. The normalized spacial score (nSPS) is 10.7. The summed E-state index contributed by atoms with van der Waals surface area (Å²) in [6.45, 7) is 1.24. The highest BCUT2D eigenvalue weighted by atomic mass is 16.5. The monoisotopic (exact) mass is 350 g/mol. The van der Waals surface area contributed by atoms with Gasteiger partial charge in [-0.1, -0.05) is 18.2 Å². The van der Waals surface area contributed by atoms with Crippen LogP contribution in [0.4, 0.5) is 0 Å². The van der Waals surface area contributed by atoms with Crippen molar-refractivity contribution in [2.45, 2.75) is 19.4 Å². The maximum absolute atomic E-state index is 12.1. The molecule has 0 aliphatic carbocycles. The number of methoxy groups -OCH3 is 1. The van der Waals surface area contributed by atoms with Crippen LogP contribution in [0.3, 0.4) is 0 Å². The van der Waals surface area contributed by atoms with E-state index < -0.39 is 0 Å². The number of amides is 1. The number of ketones is 1. The van der Waals surface area contributed by atoms with E-state index in [2.05, 4.69) is 28.1 Å². The van der Waals surface area contributed by atoms with Gasteiger partial charge in [-0.05, 0) is 41.8 Å². The van der Waals surface area contributed by atoms with E-state index in [0.29, 0.717) is 24.4 Å². The zero-order valence-corrected chi connectivity index (χ0v) is 14.8. The number of para-hydroxylation sites is 1. The first-order valence-electron chi connectivity index (χ1n) is 8.65. The van der Waals surface area contributed by atoms with Crippen molar-refractivity contribution in [2.24, 2.45) is 0 Å². The predicted molar refractivity (Wildman–Crippen MR) is 102 cm³/mol. The van der Waals surface area contributed by atoms with Gasteiger partial charge in [0.15, 0.2) is 5.78 Å². The molecule has 134 valence electrons. The third-order valence-corrected chi connectivity index (χ3v) is 4.35. The van der Waals surface area contributed by atoms with Crippen LogP contribution in [0.15, 0.2) is 60.8 Å². The molecule has 1 N–H and O–H groups in total. The van der Waals surface area contributed by atoms with Gasteiger partial charge in [0.25, 0.3) is 0 Å². The van der Waals surface area contributed by atoms with E-state index >= 15 is 0 Å². The van der Waals surface area contributed by atoms with E-state index in [-0.39, 0.29) is 24.5 Å². The molecular weight excluding hydrogens is 328 g/mol. The summed E-state index contributed by atoms with van der Waals surface area (Å²) in [5.41, 5.74) is 1.74. The number of fused-ring (bicyclic) bond motifs is 1. The highest BCUT2D eigenvalue weighted by Gasteiger charge is 2.09. The number of carbonyl (C=O) groups is 2. The number of nitrogens with one attached hydrogen (secondary N) is 1. The Morgan fingerprint density at radius 1 is 1.00 bits per heavy atom. The van der Waals surface area contributed by atoms with Crippen LogP contribution in [-0.4, -0.2) is 29.9 Å². The van der Waals surface area contributed by atoms with Gasteiger partial charge < -0.3 is 14.6 Å². The minimum atomic E-state index is -0.108. The highest BCUT2D eigenvalue weighted by molar-refractivity contribution is 5.98. The van der Waals surface area contributed by atoms with Crippen LogP contribution in [0.5, 0.6) is 5.75 Å². The van der Waals surface area contributed by atoms with Crippen molar-refractivity contribution < 1.29 is 14.3 Å². The van der Waals surface area contributed by atoms with Crippen LogP contribution in [-0.2, 0) is 11.3 Å². The number of hydrogen-bond donors (Lipinski definition) is 1. The number of benzene rings is 2. The molecule has 5 nitrogen and oxygen atoms in total. The van der Waals surface area contributed by atoms with Crippen molar-refractivity contribution in [3.05, 3.63) is 66.4 Å². The molecule has 0 bridgehead atoms. The van der Waals surface area contributed by atoms with Gasteiger partial charge in [-0.25, -0.2) is 0 Å². The second-order valence-electron chi connectivity index (χ2n) is 6.07. The first-order chi connectivity index (χ1) is 12.7. The molecule has 0 atom stereocenters. The second kappa shape index (κ2) is 8.34. The quantitative estimate of drug-likeness (QED) is 0.633. The van der Waals surface area contributed by atoms with Gasteiger partial charge in [-0.2, -0.15) is 0 Å². The Hall–Kier alpha value is -3.08. The van der Waals surface area contributed by atoms with Crippen molar-refractivity contribution in [1.82, 2.24) is 9.88 Å². The first-order valence-corrected chi connectivity index (χ1v) is 8.65.